The van der Waals surface area contributed by atoms with E-state index < -0.39 is 0 Å². The van der Waals surface area contributed by atoms with Crippen LogP contribution in [0, 0.1) is 0 Å². The summed E-state index contributed by atoms with van der Waals surface area (Å²) < 4.78 is 0. The van der Waals surface area contributed by atoms with Crippen LogP contribution >= 0.6 is 34.5 Å². The molecule has 0 saturated carbocycles. The quantitative estimate of drug-likeness (QED) is 0.762. The first-order valence-electron chi connectivity index (χ1n) is 4.60. The van der Waals surface area contributed by atoms with Gasteiger partial charge in [0, 0.05) is 10.9 Å². The standard InChI is InChI=1S/C11H9Cl2NS/c1-2-11-14-10(6-15-11)7-3-4-8(12)9(13)5-7/h3-6H,2H2,1H3. The SMILES string of the molecule is CCc1nc(-c2ccc(Cl)c(Cl)c2)cs1. The molecule has 0 saturated heterocycles. The number of aryl methyl sites for hydroxylation is 1. The van der Waals surface area contributed by atoms with Crippen LogP contribution in [-0.4, -0.2) is 4.98 Å². The van der Waals surface area contributed by atoms with E-state index in [0.29, 0.717) is 10.0 Å². The number of aromatic nitrogens is 1. The molecule has 0 spiro atoms. The molecule has 0 atom stereocenters. The maximum atomic E-state index is 5.95. The molecule has 0 N–H and O–H groups in total. The Morgan fingerprint density at radius 1 is 1.27 bits per heavy atom. The summed E-state index contributed by atoms with van der Waals surface area (Å²) in [5.74, 6) is 0. The van der Waals surface area contributed by atoms with Crippen molar-refractivity contribution in [2.24, 2.45) is 0 Å². The van der Waals surface area contributed by atoms with Gasteiger partial charge in [-0.05, 0) is 18.6 Å². The first-order valence-corrected chi connectivity index (χ1v) is 6.24. The van der Waals surface area contributed by atoms with Gasteiger partial charge in [-0.1, -0.05) is 36.2 Å². The predicted octanol–water partition coefficient (Wildman–Crippen LogP) is 4.68. The zero-order valence-corrected chi connectivity index (χ0v) is 10.5. The summed E-state index contributed by atoms with van der Waals surface area (Å²) in [5, 5.41) is 4.32. The number of hydrogen-bond donors (Lipinski definition) is 0. The second-order valence-electron chi connectivity index (χ2n) is 3.11. The summed E-state index contributed by atoms with van der Waals surface area (Å²) in [5.41, 5.74) is 1.98. The highest BCUT2D eigenvalue weighted by Gasteiger charge is 2.05. The van der Waals surface area contributed by atoms with Crippen molar-refractivity contribution in [3.8, 4) is 11.3 Å². The fraction of sp³-hybridized carbons (Fsp3) is 0.182. The van der Waals surface area contributed by atoms with Gasteiger partial charge in [-0.25, -0.2) is 4.98 Å². The number of hydrogen-bond acceptors (Lipinski definition) is 2. The van der Waals surface area contributed by atoms with Crippen LogP contribution in [-0.2, 0) is 6.42 Å². The molecule has 0 bridgehead atoms. The molecule has 0 radical (unpaired) electrons. The van der Waals surface area contributed by atoms with Crippen LogP contribution in [0.4, 0.5) is 0 Å². The third-order valence-corrected chi connectivity index (χ3v) is 3.80. The Hall–Kier alpha value is -0.570. The Kier molecular flexibility index (Phi) is 3.29. The van der Waals surface area contributed by atoms with Crippen molar-refractivity contribution in [1.29, 1.82) is 0 Å². The van der Waals surface area contributed by atoms with E-state index in [1.54, 1.807) is 17.4 Å². The minimum Gasteiger partial charge on any atom is -0.241 e. The lowest BCUT2D eigenvalue weighted by molar-refractivity contribution is 1.10. The highest BCUT2D eigenvalue weighted by Crippen LogP contribution is 2.29. The van der Waals surface area contributed by atoms with Gasteiger partial charge < -0.3 is 0 Å². The minimum atomic E-state index is 0.570. The van der Waals surface area contributed by atoms with Crippen molar-refractivity contribution in [1.82, 2.24) is 4.98 Å². The van der Waals surface area contributed by atoms with Crippen molar-refractivity contribution >= 4 is 34.5 Å². The van der Waals surface area contributed by atoms with Crippen molar-refractivity contribution in [3.63, 3.8) is 0 Å². The Balaban J connectivity index is 2.40. The van der Waals surface area contributed by atoms with Crippen LogP contribution in [0.5, 0.6) is 0 Å². The lowest BCUT2D eigenvalue weighted by Gasteiger charge is -1.99. The van der Waals surface area contributed by atoms with Crippen molar-refractivity contribution in [3.05, 3.63) is 38.6 Å². The topological polar surface area (TPSA) is 12.9 Å². The third-order valence-electron chi connectivity index (χ3n) is 2.07. The smallest absolute Gasteiger partial charge is 0.0929 e. The van der Waals surface area contributed by atoms with E-state index >= 15 is 0 Å². The highest BCUT2D eigenvalue weighted by molar-refractivity contribution is 7.09. The molecule has 78 valence electrons. The normalized spacial score (nSPS) is 10.6. The number of thiazole rings is 1. The van der Waals surface area contributed by atoms with Crippen molar-refractivity contribution < 1.29 is 0 Å². The van der Waals surface area contributed by atoms with Crippen LogP contribution in [0.3, 0.4) is 0 Å². The molecule has 1 nitrogen and oxygen atoms in total. The Bertz CT molecular complexity index is 479. The number of benzene rings is 1. The Morgan fingerprint density at radius 2 is 2.07 bits per heavy atom. The summed E-state index contributed by atoms with van der Waals surface area (Å²) in [7, 11) is 0. The average Bonchev–Trinajstić information content (AvgIpc) is 2.70. The zero-order valence-electron chi connectivity index (χ0n) is 8.13. The van der Waals surface area contributed by atoms with E-state index in [9.17, 15) is 0 Å². The molecule has 0 aliphatic rings. The van der Waals surface area contributed by atoms with Gasteiger partial charge in [0.05, 0.1) is 20.7 Å². The van der Waals surface area contributed by atoms with Gasteiger partial charge in [0.25, 0.3) is 0 Å². The molecular formula is C11H9Cl2NS. The molecule has 4 heteroatoms. The van der Waals surface area contributed by atoms with E-state index in [1.807, 2.05) is 17.5 Å². The minimum absolute atomic E-state index is 0.570. The van der Waals surface area contributed by atoms with Gasteiger partial charge >= 0.3 is 0 Å². The maximum absolute atomic E-state index is 5.95. The van der Waals surface area contributed by atoms with Crippen LogP contribution in [0.15, 0.2) is 23.6 Å². The van der Waals surface area contributed by atoms with Gasteiger partial charge in [0.15, 0.2) is 0 Å². The van der Waals surface area contributed by atoms with E-state index in [1.165, 1.54) is 0 Å². The molecule has 0 aliphatic heterocycles. The number of halogens is 2. The highest BCUT2D eigenvalue weighted by atomic mass is 35.5. The summed E-state index contributed by atoms with van der Waals surface area (Å²) >= 11 is 13.5. The van der Waals surface area contributed by atoms with Gasteiger partial charge in [-0.3, -0.25) is 0 Å². The molecule has 1 aromatic heterocycles. The first kappa shape index (κ1) is 10.9. The number of rotatable bonds is 2. The lowest BCUT2D eigenvalue weighted by Crippen LogP contribution is -1.81. The summed E-state index contributed by atoms with van der Waals surface area (Å²) in [6.07, 6.45) is 0.964. The van der Waals surface area contributed by atoms with Crippen molar-refractivity contribution in [2.75, 3.05) is 0 Å². The number of nitrogens with zero attached hydrogens (tertiary/aromatic N) is 1. The molecule has 0 unspecified atom stereocenters. The van der Waals surface area contributed by atoms with Crippen LogP contribution < -0.4 is 0 Å². The van der Waals surface area contributed by atoms with E-state index in [2.05, 4.69) is 11.9 Å². The lowest BCUT2D eigenvalue weighted by atomic mass is 10.2. The molecule has 0 amide bonds. The summed E-state index contributed by atoms with van der Waals surface area (Å²) in [4.78, 5) is 4.49. The van der Waals surface area contributed by atoms with E-state index in [-0.39, 0.29) is 0 Å². The molecule has 15 heavy (non-hydrogen) atoms. The van der Waals surface area contributed by atoms with Crippen LogP contribution in [0.2, 0.25) is 10.0 Å². The molecule has 0 fully saturated rings. The summed E-state index contributed by atoms with van der Waals surface area (Å²) in [6.45, 7) is 2.09. The molecule has 2 rings (SSSR count). The first-order chi connectivity index (χ1) is 7.20. The van der Waals surface area contributed by atoms with Crippen molar-refractivity contribution in [2.45, 2.75) is 13.3 Å². The van der Waals surface area contributed by atoms with E-state index in [0.717, 1.165) is 22.7 Å². The monoisotopic (exact) mass is 257 g/mol. The Morgan fingerprint density at radius 3 is 2.67 bits per heavy atom. The molecule has 1 heterocycles. The van der Waals surface area contributed by atoms with Gasteiger partial charge in [0.2, 0.25) is 0 Å². The molecule has 2 aromatic rings. The largest absolute Gasteiger partial charge is 0.241 e. The second-order valence-corrected chi connectivity index (χ2v) is 4.87. The fourth-order valence-corrected chi connectivity index (χ4v) is 2.31. The maximum Gasteiger partial charge on any atom is 0.0929 e. The molecule has 1 aromatic carbocycles. The van der Waals surface area contributed by atoms with Crippen LogP contribution in [0.25, 0.3) is 11.3 Å². The fourth-order valence-electron chi connectivity index (χ4n) is 1.26. The summed E-state index contributed by atoms with van der Waals surface area (Å²) in [6, 6.07) is 5.57. The van der Waals surface area contributed by atoms with Gasteiger partial charge in [0.1, 0.15) is 0 Å². The third kappa shape index (κ3) is 2.33. The predicted molar refractivity (Wildman–Crippen MR) is 66.9 cm³/mol. The average molecular weight is 258 g/mol. The van der Waals surface area contributed by atoms with Crippen LogP contribution in [0.1, 0.15) is 11.9 Å². The molecular weight excluding hydrogens is 249 g/mol. The van der Waals surface area contributed by atoms with Gasteiger partial charge in [-0.15, -0.1) is 11.3 Å². The zero-order chi connectivity index (χ0) is 10.8. The van der Waals surface area contributed by atoms with E-state index in [4.69, 9.17) is 23.2 Å². The molecule has 0 aliphatic carbocycles. The second kappa shape index (κ2) is 4.52. The van der Waals surface area contributed by atoms with Gasteiger partial charge in [-0.2, -0.15) is 0 Å². The Labute approximate surface area is 103 Å².